The van der Waals surface area contributed by atoms with Crippen LogP contribution in [0, 0.1) is 5.92 Å². The highest BCUT2D eigenvalue weighted by Gasteiger charge is 2.26. The third-order valence-electron chi connectivity index (χ3n) is 5.79. The fourth-order valence-corrected chi connectivity index (χ4v) is 4.92. The van der Waals surface area contributed by atoms with E-state index in [1.807, 2.05) is 30.3 Å². The van der Waals surface area contributed by atoms with Gasteiger partial charge in [0.2, 0.25) is 0 Å². The first kappa shape index (κ1) is 22.8. The molecule has 1 aliphatic rings. The number of carboxylic acid groups (broad SMARTS) is 1. The van der Waals surface area contributed by atoms with Gasteiger partial charge < -0.3 is 20.5 Å². The summed E-state index contributed by atoms with van der Waals surface area (Å²) in [6.07, 6.45) is 2.68. The van der Waals surface area contributed by atoms with Crippen LogP contribution in [-0.2, 0) is 4.79 Å². The number of ether oxygens (including phenoxy) is 1. The number of carbonyl (C=O) groups excluding carboxylic acids is 2. The smallest absolute Gasteiger partial charge is 0.306 e. The molecule has 0 bridgehead atoms. The normalized spacial score (nSPS) is 17.9. The van der Waals surface area contributed by atoms with Gasteiger partial charge in [-0.1, -0.05) is 18.2 Å². The van der Waals surface area contributed by atoms with Crippen molar-refractivity contribution in [1.82, 2.24) is 10.6 Å². The summed E-state index contributed by atoms with van der Waals surface area (Å²) < 4.78 is 7.00. The predicted molar refractivity (Wildman–Crippen MR) is 127 cm³/mol. The van der Waals surface area contributed by atoms with Gasteiger partial charge in [0.1, 0.15) is 5.75 Å². The number of hydrogen-bond acceptors (Lipinski definition) is 5. The van der Waals surface area contributed by atoms with Crippen LogP contribution in [0.3, 0.4) is 0 Å². The number of thiophene rings is 1. The molecule has 7 nitrogen and oxygen atoms in total. The molecule has 2 amide bonds. The van der Waals surface area contributed by atoms with Gasteiger partial charge in [0.25, 0.3) is 11.8 Å². The highest BCUT2D eigenvalue weighted by molar-refractivity contribution is 7.20. The summed E-state index contributed by atoms with van der Waals surface area (Å²) in [5, 5.41) is 15.8. The van der Waals surface area contributed by atoms with E-state index in [0.29, 0.717) is 55.0 Å². The minimum absolute atomic E-state index is 0.00447. The lowest BCUT2D eigenvalue weighted by atomic mass is 9.87. The molecule has 33 heavy (non-hydrogen) atoms. The van der Waals surface area contributed by atoms with Crippen molar-refractivity contribution in [2.24, 2.45) is 5.92 Å². The van der Waals surface area contributed by atoms with E-state index in [0.717, 1.165) is 10.1 Å². The number of benzene rings is 2. The van der Waals surface area contributed by atoms with Crippen molar-refractivity contribution < 1.29 is 24.2 Å². The molecule has 0 radical (unpaired) electrons. The lowest BCUT2D eigenvalue weighted by molar-refractivity contribution is -0.143. The van der Waals surface area contributed by atoms with Gasteiger partial charge in [0.05, 0.1) is 16.9 Å². The summed E-state index contributed by atoms with van der Waals surface area (Å²) in [6.45, 7) is 0.652. The van der Waals surface area contributed by atoms with Crippen LogP contribution in [0.4, 0.5) is 0 Å². The lowest BCUT2D eigenvalue weighted by Crippen LogP contribution is -2.34. The average Bonchev–Trinajstić information content (AvgIpc) is 3.27. The number of hydrogen-bond donors (Lipinski definition) is 3. The second-order valence-electron chi connectivity index (χ2n) is 8.11. The summed E-state index contributed by atoms with van der Waals surface area (Å²) in [5.74, 6) is -0.709. The van der Waals surface area contributed by atoms with E-state index in [9.17, 15) is 14.4 Å². The Labute approximate surface area is 195 Å². The van der Waals surface area contributed by atoms with Gasteiger partial charge in [-0.05, 0) is 67.5 Å². The molecular formula is C25H26N2O5S. The zero-order valence-corrected chi connectivity index (χ0v) is 18.9. The molecule has 1 aliphatic carbocycles. The van der Waals surface area contributed by atoms with Crippen molar-refractivity contribution >= 4 is 39.2 Å². The molecule has 4 rings (SSSR count). The molecule has 3 aromatic rings. The van der Waals surface area contributed by atoms with E-state index in [-0.39, 0.29) is 23.8 Å². The topological polar surface area (TPSA) is 105 Å². The van der Waals surface area contributed by atoms with Crippen molar-refractivity contribution in [3.63, 3.8) is 0 Å². The Bertz CT molecular complexity index is 1100. The van der Waals surface area contributed by atoms with Gasteiger partial charge in [0.15, 0.2) is 0 Å². The third-order valence-corrected chi connectivity index (χ3v) is 6.90. The molecule has 0 saturated heterocycles. The Balaban J connectivity index is 1.19. The standard InChI is InChI=1S/C25H26N2O5S/c28-23(26-13-14-27-24(29)22-15-18-3-1-2-4-21(18)33-22)16-5-9-19(10-6-16)32-20-11-7-17(8-12-20)25(30)31/h1-6,9-10,15,17,20H,7-8,11-14H2,(H,26,28)(H,27,29)(H,30,31). The molecule has 3 N–H and O–H groups in total. The molecule has 0 unspecified atom stereocenters. The maximum atomic E-state index is 12.4. The van der Waals surface area contributed by atoms with E-state index in [4.69, 9.17) is 9.84 Å². The molecule has 1 heterocycles. The number of amides is 2. The molecule has 1 aromatic heterocycles. The fourth-order valence-electron chi connectivity index (χ4n) is 3.94. The van der Waals surface area contributed by atoms with Crippen LogP contribution < -0.4 is 15.4 Å². The highest BCUT2D eigenvalue weighted by Crippen LogP contribution is 2.28. The first-order chi connectivity index (χ1) is 16.0. The molecule has 0 atom stereocenters. The maximum absolute atomic E-state index is 12.4. The number of aliphatic carboxylic acids is 1. The lowest BCUT2D eigenvalue weighted by Gasteiger charge is -2.26. The maximum Gasteiger partial charge on any atom is 0.306 e. The van der Waals surface area contributed by atoms with Crippen LogP contribution in [0.1, 0.15) is 45.7 Å². The van der Waals surface area contributed by atoms with Gasteiger partial charge in [-0.2, -0.15) is 0 Å². The molecule has 2 aromatic carbocycles. The van der Waals surface area contributed by atoms with E-state index in [1.54, 1.807) is 24.3 Å². The van der Waals surface area contributed by atoms with Crippen molar-refractivity contribution in [2.45, 2.75) is 31.8 Å². The van der Waals surface area contributed by atoms with Gasteiger partial charge in [-0.3, -0.25) is 14.4 Å². The van der Waals surface area contributed by atoms with E-state index >= 15 is 0 Å². The predicted octanol–water partition coefficient (Wildman–Crippen LogP) is 4.08. The largest absolute Gasteiger partial charge is 0.490 e. The summed E-state index contributed by atoms with van der Waals surface area (Å²) in [6, 6.07) is 16.6. The van der Waals surface area contributed by atoms with Gasteiger partial charge in [0, 0.05) is 23.4 Å². The summed E-state index contributed by atoms with van der Waals surface area (Å²) in [5.41, 5.74) is 0.507. The molecule has 1 saturated carbocycles. The van der Waals surface area contributed by atoms with Crippen LogP contribution >= 0.6 is 11.3 Å². The number of carboxylic acids is 1. The van der Waals surface area contributed by atoms with Crippen LogP contribution in [0.25, 0.3) is 10.1 Å². The molecule has 0 spiro atoms. The van der Waals surface area contributed by atoms with Crippen LogP contribution in [0.5, 0.6) is 5.75 Å². The van der Waals surface area contributed by atoms with Crippen LogP contribution in [0.2, 0.25) is 0 Å². The monoisotopic (exact) mass is 466 g/mol. The number of carbonyl (C=O) groups is 3. The van der Waals surface area contributed by atoms with Crippen molar-refractivity contribution in [2.75, 3.05) is 13.1 Å². The Hall–Kier alpha value is -3.39. The van der Waals surface area contributed by atoms with E-state index in [1.165, 1.54) is 11.3 Å². The van der Waals surface area contributed by atoms with Crippen LogP contribution in [-0.4, -0.2) is 42.1 Å². The number of rotatable bonds is 8. The SMILES string of the molecule is O=C(NCCNC(=O)c1cc2ccccc2s1)c1ccc(OC2CCC(C(=O)O)CC2)cc1. The summed E-state index contributed by atoms with van der Waals surface area (Å²) >= 11 is 1.44. The van der Waals surface area contributed by atoms with Gasteiger partial charge in [-0.25, -0.2) is 0 Å². The minimum Gasteiger partial charge on any atom is -0.490 e. The Morgan fingerprint density at radius 3 is 2.24 bits per heavy atom. The number of fused-ring (bicyclic) bond motifs is 1. The summed E-state index contributed by atoms with van der Waals surface area (Å²) in [4.78, 5) is 36.4. The first-order valence-electron chi connectivity index (χ1n) is 11.0. The third kappa shape index (κ3) is 5.90. The van der Waals surface area contributed by atoms with E-state index in [2.05, 4.69) is 10.6 Å². The molecule has 8 heteroatoms. The van der Waals surface area contributed by atoms with Crippen molar-refractivity contribution in [3.8, 4) is 5.75 Å². The average molecular weight is 467 g/mol. The van der Waals surface area contributed by atoms with Crippen molar-refractivity contribution in [3.05, 3.63) is 65.0 Å². The second-order valence-corrected chi connectivity index (χ2v) is 9.20. The Morgan fingerprint density at radius 2 is 1.58 bits per heavy atom. The van der Waals surface area contributed by atoms with Crippen molar-refractivity contribution in [1.29, 1.82) is 0 Å². The second kappa shape index (κ2) is 10.5. The van der Waals surface area contributed by atoms with E-state index < -0.39 is 5.97 Å². The molecular weight excluding hydrogens is 440 g/mol. The Kier molecular flexibility index (Phi) is 7.24. The quantitative estimate of drug-likeness (QED) is 0.434. The first-order valence-corrected chi connectivity index (χ1v) is 11.9. The van der Waals surface area contributed by atoms with Crippen LogP contribution in [0.15, 0.2) is 54.6 Å². The zero-order valence-electron chi connectivity index (χ0n) is 18.1. The minimum atomic E-state index is -0.733. The molecule has 1 fully saturated rings. The Morgan fingerprint density at radius 1 is 0.909 bits per heavy atom. The summed E-state index contributed by atoms with van der Waals surface area (Å²) in [7, 11) is 0. The number of nitrogens with one attached hydrogen (secondary N) is 2. The zero-order chi connectivity index (χ0) is 23.2. The highest BCUT2D eigenvalue weighted by atomic mass is 32.1. The van der Waals surface area contributed by atoms with Gasteiger partial charge in [-0.15, -0.1) is 11.3 Å². The van der Waals surface area contributed by atoms with Gasteiger partial charge >= 0.3 is 5.97 Å². The molecule has 172 valence electrons. The molecule has 0 aliphatic heterocycles. The fraction of sp³-hybridized carbons (Fsp3) is 0.320.